The Morgan fingerprint density at radius 3 is 2.76 bits per heavy atom. The lowest BCUT2D eigenvalue weighted by Crippen LogP contribution is -2.24. The maximum atomic E-state index is 12.0. The Kier molecular flexibility index (Phi) is 5.78. The Labute approximate surface area is 154 Å². The van der Waals surface area contributed by atoms with Gasteiger partial charge in [0.05, 0.1) is 23.7 Å². The molecule has 0 aliphatic carbocycles. The molecule has 130 valence electrons. The smallest absolute Gasteiger partial charge is 0.226 e. The fraction of sp³-hybridized carbons (Fsp3) is 0.278. The predicted octanol–water partition coefficient (Wildman–Crippen LogP) is 3.65. The molecule has 0 bridgehead atoms. The molecule has 0 unspecified atom stereocenters. The van der Waals surface area contributed by atoms with Gasteiger partial charge in [-0.3, -0.25) is 4.79 Å². The van der Waals surface area contributed by atoms with Gasteiger partial charge in [-0.1, -0.05) is 17.7 Å². The van der Waals surface area contributed by atoms with Gasteiger partial charge >= 0.3 is 0 Å². The Morgan fingerprint density at radius 1 is 1.24 bits per heavy atom. The molecule has 0 saturated heterocycles. The van der Waals surface area contributed by atoms with Gasteiger partial charge in [0.2, 0.25) is 5.91 Å². The van der Waals surface area contributed by atoms with E-state index in [9.17, 15) is 4.79 Å². The van der Waals surface area contributed by atoms with Gasteiger partial charge in [-0.25, -0.2) is 9.97 Å². The summed E-state index contributed by atoms with van der Waals surface area (Å²) in [7, 11) is 0. The topological polar surface area (TPSA) is 64.1 Å². The summed E-state index contributed by atoms with van der Waals surface area (Å²) in [5.41, 5.74) is 1.97. The van der Waals surface area contributed by atoms with Crippen LogP contribution in [0.5, 0.6) is 5.75 Å². The van der Waals surface area contributed by atoms with Crippen LogP contribution in [0.1, 0.15) is 26.1 Å². The summed E-state index contributed by atoms with van der Waals surface area (Å²) < 4.78 is 5.71. The molecule has 0 spiro atoms. The zero-order valence-electron chi connectivity index (χ0n) is 14.1. The van der Waals surface area contributed by atoms with Crippen molar-refractivity contribution in [1.82, 2.24) is 15.3 Å². The zero-order chi connectivity index (χ0) is 17.6. The monoisotopic (exact) mass is 373 g/mol. The molecule has 25 heavy (non-hydrogen) atoms. The number of hydrogen-bond acceptors (Lipinski definition) is 6. The standard InChI is InChI=1S/C18H19N3O2S2/c1-12-3-5-15(6-4-12)23-10-18-21-14(11-24-18)7-17(22)20-9-16-8-19-13(2)25-16/h3-6,8,11H,7,9-10H2,1-2H3,(H,20,22). The van der Waals surface area contributed by atoms with Gasteiger partial charge in [-0.2, -0.15) is 0 Å². The van der Waals surface area contributed by atoms with Crippen LogP contribution < -0.4 is 10.1 Å². The fourth-order valence-electron chi connectivity index (χ4n) is 2.18. The van der Waals surface area contributed by atoms with Crippen LogP contribution in [-0.2, 0) is 24.4 Å². The first-order valence-corrected chi connectivity index (χ1v) is 9.59. The van der Waals surface area contributed by atoms with E-state index in [2.05, 4.69) is 15.3 Å². The number of nitrogens with zero attached hydrogens (tertiary/aromatic N) is 2. The third-order valence-electron chi connectivity index (χ3n) is 3.45. The summed E-state index contributed by atoms with van der Waals surface area (Å²) in [6.07, 6.45) is 2.07. The number of thiazole rings is 2. The summed E-state index contributed by atoms with van der Waals surface area (Å²) >= 11 is 3.10. The van der Waals surface area contributed by atoms with Crippen LogP contribution in [-0.4, -0.2) is 15.9 Å². The van der Waals surface area contributed by atoms with E-state index in [0.29, 0.717) is 13.2 Å². The van der Waals surface area contributed by atoms with Crippen LogP contribution in [0, 0.1) is 13.8 Å². The molecule has 0 aliphatic heterocycles. The van der Waals surface area contributed by atoms with Crippen LogP contribution in [0.2, 0.25) is 0 Å². The summed E-state index contributed by atoms with van der Waals surface area (Å²) in [5.74, 6) is 0.780. The SMILES string of the molecule is Cc1ccc(OCc2nc(CC(=O)NCc3cnc(C)s3)cs2)cc1. The molecule has 2 heterocycles. The van der Waals surface area contributed by atoms with E-state index in [0.717, 1.165) is 26.3 Å². The third-order valence-corrected chi connectivity index (χ3v) is 5.24. The molecule has 1 aromatic carbocycles. The highest BCUT2D eigenvalue weighted by Gasteiger charge is 2.09. The lowest BCUT2D eigenvalue weighted by molar-refractivity contribution is -0.120. The van der Waals surface area contributed by atoms with Crippen molar-refractivity contribution in [2.45, 2.75) is 33.4 Å². The molecule has 0 fully saturated rings. The van der Waals surface area contributed by atoms with Crippen molar-refractivity contribution < 1.29 is 9.53 Å². The minimum atomic E-state index is -0.0395. The highest BCUT2D eigenvalue weighted by atomic mass is 32.1. The third kappa shape index (κ3) is 5.37. The van der Waals surface area contributed by atoms with Crippen LogP contribution in [0.3, 0.4) is 0 Å². The van der Waals surface area contributed by atoms with Gasteiger partial charge in [0.1, 0.15) is 17.4 Å². The van der Waals surface area contributed by atoms with Crippen molar-refractivity contribution in [2.75, 3.05) is 0 Å². The second kappa shape index (κ2) is 8.22. The van der Waals surface area contributed by atoms with E-state index in [1.54, 1.807) is 17.5 Å². The fourth-order valence-corrected chi connectivity index (χ4v) is 3.62. The largest absolute Gasteiger partial charge is 0.486 e. The molecule has 7 heteroatoms. The second-order valence-corrected chi connectivity index (χ2v) is 7.90. The summed E-state index contributed by atoms with van der Waals surface area (Å²) in [4.78, 5) is 21.7. The Morgan fingerprint density at radius 2 is 2.04 bits per heavy atom. The maximum Gasteiger partial charge on any atom is 0.226 e. The minimum Gasteiger partial charge on any atom is -0.486 e. The van der Waals surface area contributed by atoms with Gasteiger partial charge in [-0.15, -0.1) is 22.7 Å². The van der Waals surface area contributed by atoms with Gasteiger partial charge in [0.25, 0.3) is 0 Å². The number of rotatable bonds is 7. The van der Waals surface area contributed by atoms with E-state index >= 15 is 0 Å². The second-order valence-electron chi connectivity index (χ2n) is 5.63. The number of carbonyl (C=O) groups excluding carboxylic acids is 1. The molecule has 0 atom stereocenters. The summed E-state index contributed by atoms with van der Waals surface area (Å²) in [6, 6.07) is 7.91. The maximum absolute atomic E-state index is 12.0. The summed E-state index contributed by atoms with van der Waals surface area (Å²) in [6.45, 7) is 4.91. The molecule has 0 saturated carbocycles. The molecule has 3 aromatic rings. The van der Waals surface area contributed by atoms with Crippen molar-refractivity contribution in [3.63, 3.8) is 0 Å². The molecular weight excluding hydrogens is 354 g/mol. The number of amides is 1. The van der Waals surface area contributed by atoms with E-state index in [-0.39, 0.29) is 12.3 Å². The Bertz CT molecular complexity index is 840. The molecule has 5 nitrogen and oxygen atoms in total. The molecule has 1 N–H and O–H groups in total. The first kappa shape index (κ1) is 17.6. The highest BCUT2D eigenvalue weighted by Crippen LogP contribution is 2.16. The minimum absolute atomic E-state index is 0.0395. The van der Waals surface area contributed by atoms with Gasteiger partial charge in [0, 0.05) is 16.5 Å². The van der Waals surface area contributed by atoms with Crippen LogP contribution >= 0.6 is 22.7 Å². The zero-order valence-corrected chi connectivity index (χ0v) is 15.7. The van der Waals surface area contributed by atoms with Crippen LogP contribution in [0.4, 0.5) is 0 Å². The van der Waals surface area contributed by atoms with Gasteiger partial charge < -0.3 is 10.1 Å². The van der Waals surface area contributed by atoms with Gasteiger partial charge in [0.15, 0.2) is 0 Å². The molecule has 3 rings (SSSR count). The Balaban J connectivity index is 1.45. The quantitative estimate of drug-likeness (QED) is 0.686. The van der Waals surface area contributed by atoms with Crippen LogP contribution in [0.25, 0.3) is 0 Å². The lowest BCUT2D eigenvalue weighted by atomic mass is 10.2. The van der Waals surface area contributed by atoms with Crippen molar-refractivity contribution in [2.24, 2.45) is 0 Å². The molecule has 1 amide bonds. The normalized spacial score (nSPS) is 10.6. The van der Waals surface area contributed by atoms with E-state index in [1.165, 1.54) is 16.9 Å². The van der Waals surface area contributed by atoms with Crippen molar-refractivity contribution in [1.29, 1.82) is 0 Å². The van der Waals surface area contributed by atoms with Crippen molar-refractivity contribution in [3.05, 3.63) is 62.0 Å². The average Bonchev–Trinajstić information content (AvgIpc) is 3.21. The number of hydrogen-bond donors (Lipinski definition) is 1. The van der Waals surface area contributed by atoms with Crippen molar-refractivity contribution >= 4 is 28.6 Å². The number of aryl methyl sites for hydroxylation is 2. The van der Waals surface area contributed by atoms with E-state index in [4.69, 9.17) is 4.74 Å². The Hall–Kier alpha value is -2.25. The van der Waals surface area contributed by atoms with Crippen LogP contribution in [0.15, 0.2) is 35.8 Å². The highest BCUT2D eigenvalue weighted by molar-refractivity contribution is 7.11. The number of nitrogens with one attached hydrogen (secondary N) is 1. The number of benzene rings is 1. The van der Waals surface area contributed by atoms with E-state index < -0.39 is 0 Å². The average molecular weight is 374 g/mol. The first-order chi connectivity index (χ1) is 12.1. The lowest BCUT2D eigenvalue weighted by Gasteiger charge is -2.04. The number of aromatic nitrogens is 2. The predicted molar refractivity (Wildman–Crippen MR) is 100 cm³/mol. The molecule has 0 radical (unpaired) electrons. The van der Waals surface area contributed by atoms with Crippen molar-refractivity contribution in [3.8, 4) is 5.75 Å². The molecule has 2 aromatic heterocycles. The molecular formula is C18H19N3O2S2. The van der Waals surface area contributed by atoms with E-state index in [1.807, 2.05) is 43.5 Å². The van der Waals surface area contributed by atoms with Gasteiger partial charge in [-0.05, 0) is 26.0 Å². The molecule has 0 aliphatic rings. The summed E-state index contributed by atoms with van der Waals surface area (Å²) in [5, 5.41) is 6.67. The number of ether oxygens (including phenoxy) is 1. The number of carbonyl (C=O) groups is 1. The first-order valence-electron chi connectivity index (χ1n) is 7.89.